The fourth-order valence-corrected chi connectivity index (χ4v) is 4.73. The van der Waals surface area contributed by atoms with Crippen molar-refractivity contribution in [2.75, 3.05) is 23.0 Å². The Labute approximate surface area is 123 Å². The summed E-state index contributed by atoms with van der Waals surface area (Å²) >= 11 is 3.53. The maximum atomic E-state index is 11.6. The number of halogens is 1. The minimum Gasteiger partial charge on any atom is -0.367 e. The first-order valence-corrected chi connectivity index (χ1v) is 8.94. The molecule has 1 aromatic rings. The molecule has 1 saturated heterocycles. The van der Waals surface area contributed by atoms with Crippen molar-refractivity contribution in [1.82, 2.24) is 0 Å². The van der Waals surface area contributed by atoms with Gasteiger partial charge in [-0.25, -0.2) is 8.42 Å². The summed E-state index contributed by atoms with van der Waals surface area (Å²) in [5, 5.41) is 0. The Bertz CT molecular complexity index is 572. The van der Waals surface area contributed by atoms with Gasteiger partial charge in [0.2, 0.25) is 0 Å². The van der Waals surface area contributed by atoms with Gasteiger partial charge in [0.05, 0.1) is 11.5 Å². The number of rotatable bonds is 2. The summed E-state index contributed by atoms with van der Waals surface area (Å²) in [4.78, 5) is 2.14. The number of sulfone groups is 1. The van der Waals surface area contributed by atoms with Crippen LogP contribution in [-0.2, 0) is 9.84 Å². The first kappa shape index (κ1) is 14.8. The molecule has 6 heteroatoms. The normalized spacial score (nSPS) is 24.2. The van der Waals surface area contributed by atoms with E-state index in [2.05, 4.69) is 20.8 Å². The van der Waals surface area contributed by atoms with E-state index in [9.17, 15) is 8.42 Å². The predicted octanol–water partition coefficient (Wildman–Crippen LogP) is 2.09. The van der Waals surface area contributed by atoms with Crippen LogP contribution in [0.5, 0.6) is 0 Å². The smallest absolute Gasteiger partial charge is 0.154 e. The molecule has 0 aromatic heterocycles. The molecule has 1 aliphatic heterocycles. The van der Waals surface area contributed by atoms with Gasteiger partial charge >= 0.3 is 0 Å². The SMILES string of the molecule is CC1CS(=O)(=O)CCN1c1ccc([C@H](C)N)c(Br)c1. The summed E-state index contributed by atoms with van der Waals surface area (Å²) < 4.78 is 24.2. The first-order valence-electron chi connectivity index (χ1n) is 6.32. The number of nitrogens with zero attached hydrogens (tertiary/aromatic N) is 1. The Morgan fingerprint density at radius 2 is 2.16 bits per heavy atom. The second kappa shape index (κ2) is 5.42. The Balaban J connectivity index is 2.26. The van der Waals surface area contributed by atoms with Crippen molar-refractivity contribution in [1.29, 1.82) is 0 Å². The minimum atomic E-state index is -2.88. The number of hydrogen-bond acceptors (Lipinski definition) is 4. The third kappa shape index (κ3) is 3.30. The highest BCUT2D eigenvalue weighted by atomic mass is 79.9. The third-order valence-electron chi connectivity index (χ3n) is 3.48. The van der Waals surface area contributed by atoms with E-state index in [0.29, 0.717) is 6.54 Å². The second-order valence-electron chi connectivity index (χ2n) is 5.15. The van der Waals surface area contributed by atoms with E-state index in [0.717, 1.165) is 15.7 Å². The van der Waals surface area contributed by atoms with Gasteiger partial charge in [-0.2, -0.15) is 0 Å². The molecule has 1 aromatic carbocycles. The highest BCUT2D eigenvalue weighted by molar-refractivity contribution is 9.10. The fourth-order valence-electron chi connectivity index (χ4n) is 2.45. The molecule has 0 radical (unpaired) electrons. The van der Waals surface area contributed by atoms with Gasteiger partial charge in [0.15, 0.2) is 9.84 Å². The summed E-state index contributed by atoms with van der Waals surface area (Å²) in [7, 11) is -2.88. The number of nitrogens with two attached hydrogens (primary N) is 1. The minimum absolute atomic E-state index is 0.00630. The average Bonchev–Trinajstić information content (AvgIpc) is 2.26. The van der Waals surface area contributed by atoms with Crippen LogP contribution in [0.25, 0.3) is 0 Å². The zero-order valence-corrected chi connectivity index (χ0v) is 13.5. The van der Waals surface area contributed by atoms with Crippen molar-refractivity contribution in [3.8, 4) is 0 Å². The molecule has 0 saturated carbocycles. The van der Waals surface area contributed by atoms with E-state index >= 15 is 0 Å². The zero-order chi connectivity index (χ0) is 14.2. The molecule has 2 rings (SSSR count). The van der Waals surface area contributed by atoms with E-state index in [1.807, 2.05) is 32.0 Å². The molecule has 1 unspecified atom stereocenters. The van der Waals surface area contributed by atoms with E-state index in [-0.39, 0.29) is 23.6 Å². The van der Waals surface area contributed by atoms with E-state index < -0.39 is 9.84 Å². The van der Waals surface area contributed by atoms with Crippen LogP contribution in [-0.4, -0.2) is 32.5 Å². The van der Waals surface area contributed by atoms with Crippen LogP contribution in [0.4, 0.5) is 5.69 Å². The Morgan fingerprint density at radius 1 is 1.47 bits per heavy atom. The van der Waals surface area contributed by atoms with Gasteiger partial charge in [-0.05, 0) is 31.5 Å². The van der Waals surface area contributed by atoms with E-state index in [4.69, 9.17) is 5.73 Å². The Kier molecular flexibility index (Phi) is 4.23. The van der Waals surface area contributed by atoms with Crippen LogP contribution in [0.2, 0.25) is 0 Å². The molecule has 0 bridgehead atoms. The Hall–Kier alpha value is -0.590. The van der Waals surface area contributed by atoms with Gasteiger partial charge in [-0.15, -0.1) is 0 Å². The fraction of sp³-hybridized carbons (Fsp3) is 0.538. The van der Waals surface area contributed by atoms with Crippen molar-refractivity contribution < 1.29 is 8.42 Å². The first-order chi connectivity index (χ1) is 8.80. The molecular weight excluding hydrogens is 328 g/mol. The molecule has 0 spiro atoms. The van der Waals surface area contributed by atoms with Crippen molar-refractivity contribution in [3.05, 3.63) is 28.2 Å². The molecular formula is C13H19BrN2O2S. The lowest BCUT2D eigenvalue weighted by atomic mass is 10.1. The van der Waals surface area contributed by atoms with Gasteiger partial charge in [-0.1, -0.05) is 22.0 Å². The van der Waals surface area contributed by atoms with Crippen LogP contribution >= 0.6 is 15.9 Å². The topological polar surface area (TPSA) is 63.4 Å². The summed E-state index contributed by atoms with van der Waals surface area (Å²) in [6.45, 7) is 4.44. The van der Waals surface area contributed by atoms with Gasteiger partial charge in [0.25, 0.3) is 0 Å². The molecule has 1 heterocycles. The van der Waals surface area contributed by atoms with E-state index in [1.54, 1.807) is 0 Å². The quantitative estimate of drug-likeness (QED) is 0.890. The third-order valence-corrected chi connectivity index (χ3v) is 5.96. The van der Waals surface area contributed by atoms with Crippen LogP contribution < -0.4 is 10.6 Å². The number of hydrogen-bond donors (Lipinski definition) is 1. The largest absolute Gasteiger partial charge is 0.367 e. The molecule has 2 N–H and O–H groups in total. The second-order valence-corrected chi connectivity index (χ2v) is 8.23. The van der Waals surface area contributed by atoms with Gasteiger partial charge in [0.1, 0.15) is 0 Å². The summed E-state index contributed by atoms with van der Waals surface area (Å²) in [6, 6.07) is 6.01. The highest BCUT2D eigenvalue weighted by Gasteiger charge is 2.28. The lowest BCUT2D eigenvalue weighted by Gasteiger charge is -2.35. The van der Waals surface area contributed by atoms with Crippen LogP contribution in [0, 0.1) is 0 Å². The maximum Gasteiger partial charge on any atom is 0.154 e. The molecule has 2 atom stereocenters. The molecule has 0 aliphatic carbocycles. The molecule has 1 aliphatic rings. The molecule has 19 heavy (non-hydrogen) atoms. The highest BCUT2D eigenvalue weighted by Crippen LogP contribution is 2.29. The monoisotopic (exact) mass is 346 g/mol. The van der Waals surface area contributed by atoms with Crippen molar-refractivity contribution in [2.24, 2.45) is 5.73 Å². The maximum absolute atomic E-state index is 11.6. The average molecular weight is 347 g/mol. The predicted molar refractivity (Wildman–Crippen MR) is 82.2 cm³/mol. The van der Waals surface area contributed by atoms with Crippen LogP contribution in [0.15, 0.2) is 22.7 Å². The summed E-state index contributed by atoms with van der Waals surface area (Å²) in [6.07, 6.45) is 0. The molecule has 4 nitrogen and oxygen atoms in total. The van der Waals surface area contributed by atoms with Gasteiger partial charge in [0, 0.05) is 28.8 Å². The van der Waals surface area contributed by atoms with Gasteiger partial charge < -0.3 is 10.6 Å². The molecule has 1 fully saturated rings. The molecule has 106 valence electrons. The number of benzene rings is 1. The lowest BCUT2D eigenvalue weighted by Crippen LogP contribution is -2.47. The standard InChI is InChI=1S/C13H19BrN2O2S/c1-9-8-19(17,18)6-5-16(9)11-3-4-12(10(2)15)13(14)7-11/h3-4,7,9-10H,5-6,8,15H2,1-2H3/t9?,10-/m0/s1. The van der Waals surface area contributed by atoms with E-state index in [1.165, 1.54) is 0 Å². The number of anilines is 1. The van der Waals surface area contributed by atoms with Crippen molar-refractivity contribution >= 4 is 31.5 Å². The van der Waals surface area contributed by atoms with Gasteiger partial charge in [-0.3, -0.25) is 0 Å². The zero-order valence-electron chi connectivity index (χ0n) is 11.1. The summed E-state index contributed by atoms with van der Waals surface area (Å²) in [5.74, 6) is 0.448. The van der Waals surface area contributed by atoms with Crippen molar-refractivity contribution in [3.63, 3.8) is 0 Å². The van der Waals surface area contributed by atoms with Crippen molar-refractivity contribution in [2.45, 2.75) is 25.9 Å². The molecule has 0 amide bonds. The van der Waals surface area contributed by atoms with Crippen LogP contribution in [0.1, 0.15) is 25.5 Å². The lowest BCUT2D eigenvalue weighted by molar-refractivity contribution is 0.568. The Morgan fingerprint density at radius 3 is 2.68 bits per heavy atom. The van der Waals surface area contributed by atoms with Crippen LogP contribution in [0.3, 0.4) is 0 Å². The summed E-state index contributed by atoms with van der Waals surface area (Å²) in [5.41, 5.74) is 7.98.